The molecule has 0 radical (unpaired) electrons. The summed E-state index contributed by atoms with van der Waals surface area (Å²) in [6.45, 7) is 0. The lowest BCUT2D eigenvalue weighted by Crippen LogP contribution is -2.30. The summed E-state index contributed by atoms with van der Waals surface area (Å²) in [5.74, 6) is 0. The van der Waals surface area contributed by atoms with Crippen molar-refractivity contribution in [3.63, 3.8) is 0 Å². The van der Waals surface area contributed by atoms with E-state index in [4.69, 9.17) is 15.8 Å². The number of halogens is 1. The molecule has 6 heteroatoms. The zero-order chi connectivity index (χ0) is 10.3. The molecule has 2 rings (SSSR count). The number of rotatable bonds is 1. The molecule has 4 N–H and O–H groups in total. The first-order valence-corrected chi connectivity index (χ1v) is 5.59. The predicted molar refractivity (Wildman–Crippen MR) is 63.8 cm³/mol. The van der Waals surface area contributed by atoms with Crippen LogP contribution < -0.4 is 11.2 Å². The largest absolute Gasteiger partial charge is 0.489 e. The van der Waals surface area contributed by atoms with Crippen molar-refractivity contribution in [2.24, 2.45) is 0 Å². The number of hydrogen-bond acceptors (Lipinski definition) is 4. The van der Waals surface area contributed by atoms with Crippen LogP contribution in [-0.2, 0) is 0 Å². The molecule has 0 aliphatic carbocycles. The van der Waals surface area contributed by atoms with Crippen LogP contribution >= 0.6 is 27.3 Å². The molecule has 14 heavy (non-hydrogen) atoms. The smallest absolute Gasteiger partial charge is 0.423 e. The van der Waals surface area contributed by atoms with Gasteiger partial charge in [0.15, 0.2) is 0 Å². The Labute approximate surface area is 93.4 Å². The summed E-state index contributed by atoms with van der Waals surface area (Å²) in [6, 6.07) is 3.44. The molecule has 3 nitrogen and oxygen atoms in total. The standard InChI is InChI=1S/C8H7BBrNO2S/c10-5-2-1-4(9(12)13)7-6(11)3-14-8(5)7/h1-3,12-13H,11H2. The first-order valence-electron chi connectivity index (χ1n) is 3.92. The molecule has 0 atom stereocenters. The molecule has 0 saturated carbocycles. The Kier molecular flexibility index (Phi) is 2.53. The Bertz CT molecular complexity index is 485. The van der Waals surface area contributed by atoms with E-state index >= 15 is 0 Å². The number of thiophene rings is 1. The summed E-state index contributed by atoms with van der Waals surface area (Å²) >= 11 is 4.86. The Morgan fingerprint density at radius 1 is 1.36 bits per heavy atom. The number of benzene rings is 1. The molecule has 0 amide bonds. The van der Waals surface area contributed by atoms with Crippen LogP contribution in [-0.4, -0.2) is 17.2 Å². The van der Waals surface area contributed by atoms with E-state index in [9.17, 15) is 0 Å². The average Bonchev–Trinajstić information content (AvgIpc) is 2.50. The van der Waals surface area contributed by atoms with Gasteiger partial charge in [-0.05, 0) is 27.5 Å². The number of fused-ring (bicyclic) bond motifs is 1. The van der Waals surface area contributed by atoms with Crippen LogP contribution in [0.15, 0.2) is 22.0 Å². The third-order valence-electron chi connectivity index (χ3n) is 2.01. The van der Waals surface area contributed by atoms with E-state index in [1.54, 1.807) is 17.5 Å². The Morgan fingerprint density at radius 2 is 2.07 bits per heavy atom. The van der Waals surface area contributed by atoms with E-state index < -0.39 is 7.12 Å². The second-order valence-corrected chi connectivity index (χ2v) is 4.64. The summed E-state index contributed by atoms with van der Waals surface area (Å²) in [4.78, 5) is 0. The van der Waals surface area contributed by atoms with Crippen LogP contribution in [0.25, 0.3) is 10.1 Å². The van der Waals surface area contributed by atoms with Crippen LogP contribution in [0.5, 0.6) is 0 Å². The summed E-state index contributed by atoms with van der Waals surface area (Å²) in [7, 11) is -1.48. The van der Waals surface area contributed by atoms with Crippen molar-refractivity contribution < 1.29 is 10.0 Å². The van der Waals surface area contributed by atoms with E-state index in [-0.39, 0.29) is 0 Å². The van der Waals surface area contributed by atoms with Crippen molar-refractivity contribution >= 4 is 55.6 Å². The fourth-order valence-electron chi connectivity index (χ4n) is 1.38. The van der Waals surface area contributed by atoms with Gasteiger partial charge in [-0.25, -0.2) is 0 Å². The fourth-order valence-corrected chi connectivity index (χ4v) is 2.89. The number of anilines is 1. The van der Waals surface area contributed by atoms with E-state index in [0.29, 0.717) is 11.2 Å². The minimum atomic E-state index is -1.48. The highest BCUT2D eigenvalue weighted by Crippen LogP contribution is 2.32. The van der Waals surface area contributed by atoms with E-state index in [1.807, 2.05) is 0 Å². The molecule has 0 aliphatic rings. The highest BCUT2D eigenvalue weighted by Gasteiger charge is 2.18. The van der Waals surface area contributed by atoms with E-state index in [0.717, 1.165) is 14.6 Å². The molecule has 1 aromatic heterocycles. The number of nitrogens with two attached hydrogens (primary N) is 1. The zero-order valence-corrected chi connectivity index (χ0v) is 9.47. The van der Waals surface area contributed by atoms with E-state index in [1.165, 1.54) is 11.3 Å². The third-order valence-corrected chi connectivity index (χ3v) is 3.97. The molecule has 0 saturated heterocycles. The van der Waals surface area contributed by atoms with Crippen LogP contribution in [0.4, 0.5) is 5.69 Å². The highest BCUT2D eigenvalue weighted by molar-refractivity contribution is 9.10. The van der Waals surface area contributed by atoms with Gasteiger partial charge in [-0.3, -0.25) is 0 Å². The molecule has 0 fully saturated rings. The quantitative estimate of drug-likeness (QED) is 0.676. The summed E-state index contributed by atoms with van der Waals surface area (Å²) < 4.78 is 1.85. The minimum Gasteiger partial charge on any atom is -0.423 e. The summed E-state index contributed by atoms with van der Waals surface area (Å²) in [5, 5.41) is 20.8. The summed E-state index contributed by atoms with van der Waals surface area (Å²) in [5.41, 5.74) is 6.78. The second-order valence-electron chi connectivity index (χ2n) is 2.91. The van der Waals surface area contributed by atoms with Gasteiger partial charge in [0.05, 0.1) is 4.70 Å². The lowest BCUT2D eigenvalue weighted by Gasteiger charge is -2.03. The molecule has 0 bridgehead atoms. The number of nitrogen functional groups attached to an aromatic ring is 1. The first kappa shape index (κ1) is 9.98. The molecule has 0 aliphatic heterocycles. The predicted octanol–water partition coefficient (Wildman–Crippen LogP) is 0.926. The van der Waals surface area contributed by atoms with Crippen molar-refractivity contribution in [3.8, 4) is 0 Å². The minimum absolute atomic E-state index is 0.446. The van der Waals surface area contributed by atoms with Gasteiger partial charge in [0.25, 0.3) is 0 Å². The maximum Gasteiger partial charge on any atom is 0.489 e. The molecular weight excluding hydrogens is 265 g/mol. The molecule has 2 aromatic rings. The molecule has 0 spiro atoms. The maximum absolute atomic E-state index is 9.14. The molecule has 1 heterocycles. The van der Waals surface area contributed by atoms with Gasteiger partial charge in [0, 0.05) is 20.9 Å². The lowest BCUT2D eigenvalue weighted by molar-refractivity contribution is 0.426. The Morgan fingerprint density at radius 3 is 2.71 bits per heavy atom. The van der Waals surface area contributed by atoms with Crippen LogP contribution in [0.3, 0.4) is 0 Å². The van der Waals surface area contributed by atoms with E-state index in [2.05, 4.69) is 15.9 Å². The summed E-state index contributed by atoms with van der Waals surface area (Å²) in [6.07, 6.45) is 0. The monoisotopic (exact) mass is 271 g/mol. The second kappa shape index (κ2) is 3.54. The van der Waals surface area contributed by atoms with Crippen LogP contribution in [0.1, 0.15) is 0 Å². The van der Waals surface area contributed by atoms with Crippen molar-refractivity contribution in [1.29, 1.82) is 0 Å². The van der Waals surface area contributed by atoms with Gasteiger partial charge < -0.3 is 15.8 Å². The van der Waals surface area contributed by atoms with Gasteiger partial charge >= 0.3 is 7.12 Å². The average molecular weight is 272 g/mol. The van der Waals surface area contributed by atoms with Gasteiger partial charge in [-0.2, -0.15) is 0 Å². The molecule has 1 aromatic carbocycles. The molecular formula is C8H7BBrNO2S. The topological polar surface area (TPSA) is 66.5 Å². The molecule has 72 valence electrons. The maximum atomic E-state index is 9.14. The van der Waals surface area contributed by atoms with Crippen molar-refractivity contribution in [2.45, 2.75) is 0 Å². The van der Waals surface area contributed by atoms with Crippen molar-refractivity contribution in [3.05, 3.63) is 22.0 Å². The van der Waals surface area contributed by atoms with Crippen molar-refractivity contribution in [2.75, 3.05) is 5.73 Å². The normalized spacial score (nSPS) is 10.8. The SMILES string of the molecule is Nc1csc2c(Br)ccc(B(O)O)c12. The van der Waals surface area contributed by atoms with Gasteiger partial charge in [-0.1, -0.05) is 6.07 Å². The number of hydrogen-bond donors (Lipinski definition) is 3. The van der Waals surface area contributed by atoms with Gasteiger partial charge in [0.2, 0.25) is 0 Å². The Hall–Kier alpha value is -0.555. The zero-order valence-electron chi connectivity index (χ0n) is 7.07. The van der Waals surface area contributed by atoms with Gasteiger partial charge in [-0.15, -0.1) is 11.3 Å². The molecule has 0 unspecified atom stereocenters. The fraction of sp³-hybridized carbons (Fsp3) is 0. The van der Waals surface area contributed by atoms with Gasteiger partial charge in [0.1, 0.15) is 0 Å². The van der Waals surface area contributed by atoms with Crippen LogP contribution in [0, 0.1) is 0 Å². The third kappa shape index (κ3) is 1.44. The Balaban J connectivity index is 2.85. The van der Waals surface area contributed by atoms with Crippen LogP contribution in [0.2, 0.25) is 0 Å². The van der Waals surface area contributed by atoms with Crippen molar-refractivity contribution in [1.82, 2.24) is 0 Å². The highest BCUT2D eigenvalue weighted by atomic mass is 79.9. The first-order chi connectivity index (χ1) is 6.61. The lowest BCUT2D eigenvalue weighted by atomic mass is 9.78.